The van der Waals surface area contributed by atoms with Crippen LogP contribution in [-0.4, -0.2) is 37.3 Å². The molecule has 2 heterocycles. The topological polar surface area (TPSA) is 79.4 Å². The number of nitrogens with zero attached hydrogens (tertiary/aromatic N) is 2. The van der Waals surface area contributed by atoms with E-state index in [1.54, 1.807) is 30.4 Å². The Hall–Kier alpha value is -2.29. The highest BCUT2D eigenvalue weighted by Crippen LogP contribution is 2.35. The lowest BCUT2D eigenvalue weighted by molar-refractivity contribution is -0.134. The van der Waals surface area contributed by atoms with Crippen molar-refractivity contribution in [2.45, 2.75) is 50.5 Å². The molecule has 3 aromatic rings. The second-order valence-electron chi connectivity index (χ2n) is 8.04. The first kappa shape index (κ1) is 21.9. The van der Waals surface area contributed by atoms with E-state index < -0.39 is 10.0 Å². The number of amides is 1. The molecule has 1 atom stereocenters. The third kappa shape index (κ3) is 4.81. The fourth-order valence-corrected chi connectivity index (χ4v) is 6.50. The number of hydrogen-bond acceptors (Lipinski definition) is 5. The molecule has 1 saturated heterocycles. The van der Waals surface area contributed by atoms with Crippen LogP contribution in [0.5, 0.6) is 0 Å². The molecule has 2 aromatic carbocycles. The molecule has 8 heteroatoms. The van der Waals surface area contributed by atoms with E-state index in [0.717, 1.165) is 40.1 Å². The molecule has 0 radical (unpaired) electrons. The van der Waals surface area contributed by atoms with Crippen molar-refractivity contribution in [1.82, 2.24) is 14.6 Å². The lowest BCUT2D eigenvalue weighted by Gasteiger charge is -2.34. The van der Waals surface area contributed by atoms with Gasteiger partial charge in [0.2, 0.25) is 15.9 Å². The summed E-state index contributed by atoms with van der Waals surface area (Å²) in [6.07, 6.45) is 3.04. The Morgan fingerprint density at radius 1 is 1.19 bits per heavy atom. The number of sulfonamides is 1. The van der Waals surface area contributed by atoms with Gasteiger partial charge in [0.25, 0.3) is 0 Å². The van der Waals surface area contributed by atoms with Gasteiger partial charge in [-0.15, -0.1) is 11.3 Å². The molecule has 1 aliphatic heterocycles. The number of aromatic nitrogens is 1. The maximum atomic E-state index is 13.0. The number of carbonyl (C=O) groups is 1. The number of rotatable bonds is 6. The van der Waals surface area contributed by atoms with Crippen LogP contribution in [0.15, 0.2) is 47.4 Å². The number of thiazole rings is 1. The number of nitrogens with one attached hydrogen (secondary N) is 1. The Labute approximate surface area is 187 Å². The summed E-state index contributed by atoms with van der Waals surface area (Å²) in [5.41, 5.74) is 2.53. The summed E-state index contributed by atoms with van der Waals surface area (Å²) in [7, 11) is -3.65. The second-order valence-corrected chi connectivity index (χ2v) is 10.8. The van der Waals surface area contributed by atoms with Crippen molar-refractivity contribution in [2.24, 2.45) is 0 Å². The molecule has 1 unspecified atom stereocenters. The largest absolute Gasteiger partial charge is 0.333 e. The Kier molecular flexibility index (Phi) is 6.41. The summed E-state index contributed by atoms with van der Waals surface area (Å²) < 4.78 is 29.1. The molecular weight excluding hydrogens is 430 g/mol. The van der Waals surface area contributed by atoms with Gasteiger partial charge in [-0.3, -0.25) is 4.79 Å². The van der Waals surface area contributed by atoms with Crippen LogP contribution in [0.2, 0.25) is 0 Å². The van der Waals surface area contributed by atoms with E-state index in [0.29, 0.717) is 12.1 Å². The predicted octanol–water partition coefficient (Wildman–Crippen LogP) is 4.34. The number of aryl methyl sites for hydroxylation is 2. The van der Waals surface area contributed by atoms with Gasteiger partial charge in [-0.2, -0.15) is 0 Å². The standard InChI is InChI=1S/C23H27N3O3S2/c1-16-10-11-17(2)21(15-16)31(28,29)24-13-12-22(27)26-14-6-5-8-19(26)23-25-18-7-3-4-9-20(18)30-23/h3-4,7,9-11,15,19,24H,5-6,8,12-14H2,1-2H3. The summed E-state index contributed by atoms with van der Waals surface area (Å²) in [6.45, 7) is 4.40. The number of fused-ring (bicyclic) bond motifs is 1. The fraction of sp³-hybridized carbons (Fsp3) is 0.391. The van der Waals surface area contributed by atoms with Crippen molar-refractivity contribution in [2.75, 3.05) is 13.1 Å². The third-order valence-corrected chi connectivity index (χ3v) is 8.42. The quantitative estimate of drug-likeness (QED) is 0.597. The van der Waals surface area contributed by atoms with Gasteiger partial charge in [0, 0.05) is 19.5 Å². The molecule has 0 saturated carbocycles. The summed E-state index contributed by atoms with van der Waals surface area (Å²) in [6, 6.07) is 13.3. The van der Waals surface area contributed by atoms with Gasteiger partial charge >= 0.3 is 0 Å². The monoisotopic (exact) mass is 457 g/mol. The minimum Gasteiger partial charge on any atom is -0.333 e. The molecule has 1 amide bonds. The van der Waals surface area contributed by atoms with Crippen LogP contribution < -0.4 is 4.72 Å². The minimum atomic E-state index is -3.65. The highest BCUT2D eigenvalue weighted by Gasteiger charge is 2.30. The Morgan fingerprint density at radius 3 is 2.81 bits per heavy atom. The van der Waals surface area contributed by atoms with Crippen molar-refractivity contribution in [3.63, 3.8) is 0 Å². The lowest BCUT2D eigenvalue weighted by atomic mass is 10.0. The van der Waals surface area contributed by atoms with E-state index in [4.69, 9.17) is 4.98 Å². The van der Waals surface area contributed by atoms with Crippen molar-refractivity contribution < 1.29 is 13.2 Å². The van der Waals surface area contributed by atoms with E-state index in [9.17, 15) is 13.2 Å². The summed E-state index contributed by atoms with van der Waals surface area (Å²) >= 11 is 1.64. The first-order valence-electron chi connectivity index (χ1n) is 10.6. The van der Waals surface area contributed by atoms with Crippen LogP contribution in [0.1, 0.15) is 47.9 Å². The average molecular weight is 458 g/mol. The molecule has 6 nitrogen and oxygen atoms in total. The Morgan fingerprint density at radius 2 is 2.00 bits per heavy atom. The molecule has 1 N–H and O–H groups in total. The van der Waals surface area contributed by atoms with Gasteiger partial charge in [0.05, 0.1) is 21.2 Å². The second kappa shape index (κ2) is 9.06. The molecule has 0 bridgehead atoms. The van der Waals surface area contributed by atoms with Crippen molar-refractivity contribution in [3.05, 3.63) is 58.6 Å². The van der Waals surface area contributed by atoms with Gasteiger partial charge in [0.1, 0.15) is 5.01 Å². The molecule has 164 valence electrons. The van der Waals surface area contributed by atoms with Gasteiger partial charge < -0.3 is 4.90 Å². The van der Waals surface area contributed by atoms with Gasteiger partial charge in [-0.05, 0) is 62.4 Å². The van der Waals surface area contributed by atoms with E-state index >= 15 is 0 Å². The number of para-hydroxylation sites is 1. The summed E-state index contributed by atoms with van der Waals surface area (Å²) in [5, 5.41) is 0.963. The maximum Gasteiger partial charge on any atom is 0.240 e. The number of piperidine rings is 1. The van der Waals surface area contributed by atoms with Gasteiger partial charge in [-0.1, -0.05) is 24.3 Å². The van der Waals surface area contributed by atoms with Gasteiger partial charge in [-0.25, -0.2) is 18.1 Å². The summed E-state index contributed by atoms with van der Waals surface area (Å²) in [4.78, 5) is 19.9. The zero-order valence-corrected chi connectivity index (χ0v) is 19.4. The average Bonchev–Trinajstić information content (AvgIpc) is 3.19. The van der Waals surface area contributed by atoms with Crippen LogP contribution >= 0.6 is 11.3 Å². The number of benzene rings is 2. The minimum absolute atomic E-state index is 0.0331. The van der Waals surface area contributed by atoms with E-state index in [1.165, 1.54) is 0 Å². The number of likely N-dealkylation sites (tertiary alicyclic amines) is 1. The molecule has 0 aliphatic carbocycles. The lowest BCUT2D eigenvalue weighted by Crippen LogP contribution is -2.40. The van der Waals surface area contributed by atoms with Crippen molar-refractivity contribution in [3.8, 4) is 0 Å². The van der Waals surface area contributed by atoms with E-state index in [1.807, 2.05) is 42.2 Å². The molecule has 1 aliphatic rings. The SMILES string of the molecule is Cc1ccc(C)c(S(=O)(=O)NCCC(=O)N2CCCCC2c2nc3ccccc3s2)c1. The molecule has 0 spiro atoms. The highest BCUT2D eigenvalue weighted by molar-refractivity contribution is 7.89. The van der Waals surface area contributed by atoms with Crippen LogP contribution in [0.4, 0.5) is 0 Å². The number of carbonyl (C=O) groups excluding carboxylic acids is 1. The van der Waals surface area contributed by atoms with Crippen molar-refractivity contribution >= 4 is 37.5 Å². The molecule has 1 fully saturated rings. The third-order valence-electron chi connectivity index (χ3n) is 5.68. The Bertz CT molecular complexity index is 1170. The normalized spacial score (nSPS) is 17.2. The summed E-state index contributed by atoms with van der Waals surface area (Å²) in [5.74, 6) is -0.0346. The van der Waals surface area contributed by atoms with Gasteiger partial charge in [0.15, 0.2) is 0 Å². The van der Waals surface area contributed by atoms with E-state index in [2.05, 4.69) is 4.72 Å². The first-order chi connectivity index (χ1) is 14.8. The van der Waals surface area contributed by atoms with Crippen LogP contribution in [-0.2, 0) is 14.8 Å². The molecular formula is C23H27N3O3S2. The van der Waals surface area contributed by atoms with Crippen LogP contribution in [0.25, 0.3) is 10.2 Å². The van der Waals surface area contributed by atoms with Crippen LogP contribution in [0.3, 0.4) is 0 Å². The fourth-order valence-electron chi connectivity index (χ4n) is 4.03. The zero-order valence-electron chi connectivity index (χ0n) is 17.8. The number of hydrogen-bond donors (Lipinski definition) is 1. The first-order valence-corrected chi connectivity index (χ1v) is 12.9. The zero-order chi connectivity index (χ0) is 22.0. The van der Waals surface area contributed by atoms with E-state index in [-0.39, 0.29) is 29.8 Å². The molecule has 4 rings (SSSR count). The highest BCUT2D eigenvalue weighted by atomic mass is 32.2. The maximum absolute atomic E-state index is 13.0. The smallest absolute Gasteiger partial charge is 0.240 e. The molecule has 1 aromatic heterocycles. The molecule has 31 heavy (non-hydrogen) atoms. The van der Waals surface area contributed by atoms with Crippen molar-refractivity contribution in [1.29, 1.82) is 0 Å². The van der Waals surface area contributed by atoms with Crippen LogP contribution in [0, 0.1) is 13.8 Å². The predicted molar refractivity (Wildman–Crippen MR) is 124 cm³/mol. The Balaban J connectivity index is 1.43.